The largest absolute Gasteiger partial charge is 0.480 e. The highest BCUT2D eigenvalue weighted by Crippen LogP contribution is 2.01. The monoisotopic (exact) mass is 224 g/mol. The van der Waals surface area contributed by atoms with E-state index in [0.717, 1.165) is 5.69 Å². The second kappa shape index (κ2) is 7.70. The Bertz CT molecular complexity index is 299. The number of benzene rings is 1. The summed E-state index contributed by atoms with van der Waals surface area (Å²) in [6, 6.07) is 8.80. The van der Waals surface area contributed by atoms with E-state index in [1.807, 2.05) is 44.2 Å². The summed E-state index contributed by atoms with van der Waals surface area (Å²) >= 11 is 0. The minimum absolute atomic E-state index is 0.357. The van der Waals surface area contributed by atoms with E-state index in [2.05, 4.69) is 0 Å². The lowest BCUT2D eigenvalue weighted by molar-refractivity contribution is -0.138. The fourth-order valence-corrected chi connectivity index (χ4v) is 1.06. The zero-order chi connectivity index (χ0) is 12.6. The molecule has 0 bridgehead atoms. The number of nitrogens with two attached hydrogens (primary N) is 2. The molecule has 4 nitrogen and oxygen atoms in total. The molecule has 1 atom stereocenters. The molecule has 0 fully saturated rings. The van der Waals surface area contributed by atoms with Crippen LogP contribution in [0.15, 0.2) is 30.3 Å². The zero-order valence-electron chi connectivity index (χ0n) is 9.76. The van der Waals surface area contributed by atoms with Crippen LogP contribution in [0.25, 0.3) is 0 Å². The van der Waals surface area contributed by atoms with Crippen LogP contribution in [0.3, 0.4) is 0 Å². The number of carboxylic acid groups (broad SMARTS) is 1. The van der Waals surface area contributed by atoms with Crippen molar-refractivity contribution >= 4 is 11.7 Å². The van der Waals surface area contributed by atoms with E-state index in [-0.39, 0.29) is 0 Å². The number of nitrogen functional groups attached to an aromatic ring is 1. The molecule has 5 N–H and O–H groups in total. The first kappa shape index (κ1) is 14.5. The molecule has 0 radical (unpaired) electrons. The molecule has 0 spiro atoms. The molecule has 1 rings (SSSR count). The van der Waals surface area contributed by atoms with Crippen LogP contribution in [0.5, 0.6) is 0 Å². The van der Waals surface area contributed by atoms with Gasteiger partial charge < -0.3 is 16.6 Å². The molecule has 16 heavy (non-hydrogen) atoms. The van der Waals surface area contributed by atoms with Gasteiger partial charge in [-0.15, -0.1) is 0 Å². The molecule has 0 heterocycles. The van der Waals surface area contributed by atoms with Crippen molar-refractivity contribution in [1.82, 2.24) is 0 Å². The van der Waals surface area contributed by atoms with Gasteiger partial charge in [-0.1, -0.05) is 32.0 Å². The lowest BCUT2D eigenvalue weighted by atomic mass is 10.1. The minimum Gasteiger partial charge on any atom is -0.480 e. The van der Waals surface area contributed by atoms with Crippen LogP contribution < -0.4 is 11.5 Å². The lowest BCUT2D eigenvalue weighted by Crippen LogP contribution is -2.31. The van der Waals surface area contributed by atoms with E-state index in [0.29, 0.717) is 12.3 Å². The molecular formula is C12H20N2O2. The van der Waals surface area contributed by atoms with Gasteiger partial charge in [-0.2, -0.15) is 0 Å². The van der Waals surface area contributed by atoms with Gasteiger partial charge in [0.05, 0.1) is 0 Å². The van der Waals surface area contributed by atoms with Gasteiger partial charge in [-0.3, -0.25) is 4.79 Å². The summed E-state index contributed by atoms with van der Waals surface area (Å²) < 4.78 is 0. The minimum atomic E-state index is -0.913. The van der Waals surface area contributed by atoms with E-state index in [4.69, 9.17) is 16.6 Å². The summed E-state index contributed by atoms with van der Waals surface area (Å²) in [6.45, 7) is 3.89. The fourth-order valence-electron chi connectivity index (χ4n) is 1.06. The first-order chi connectivity index (χ1) is 7.43. The molecule has 0 amide bonds. The second-order valence-electron chi connectivity index (χ2n) is 3.98. The van der Waals surface area contributed by atoms with E-state index in [1.54, 1.807) is 0 Å². The Morgan fingerprint density at radius 1 is 1.31 bits per heavy atom. The second-order valence-corrected chi connectivity index (χ2v) is 3.98. The number of rotatable bonds is 3. The molecule has 0 saturated carbocycles. The Labute approximate surface area is 96.3 Å². The number of hydrogen-bond donors (Lipinski definition) is 3. The molecule has 0 unspecified atom stereocenters. The van der Waals surface area contributed by atoms with Crippen molar-refractivity contribution in [2.45, 2.75) is 26.3 Å². The molecule has 0 saturated heterocycles. The maximum Gasteiger partial charge on any atom is 0.320 e. The quantitative estimate of drug-likeness (QED) is 0.682. The van der Waals surface area contributed by atoms with Crippen molar-refractivity contribution in [3.05, 3.63) is 30.3 Å². The molecular weight excluding hydrogens is 204 g/mol. The molecule has 0 aliphatic heterocycles. The highest BCUT2D eigenvalue weighted by Gasteiger charge is 2.11. The number of carboxylic acids is 1. The Kier molecular flexibility index (Phi) is 6.96. The van der Waals surface area contributed by atoms with Gasteiger partial charge in [-0.05, 0) is 24.5 Å². The van der Waals surface area contributed by atoms with Gasteiger partial charge in [0.15, 0.2) is 0 Å². The van der Waals surface area contributed by atoms with Crippen LogP contribution in [0, 0.1) is 5.92 Å². The Morgan fingerprint density at radius 3 is 2.00 bits per heavy atom. The SMILES string of the molecule is CC(C)C[C@H](N)C(=O)O.Nc1ccccc1. The first-order valence-corrected chi connectivity index (χ1v) is 5.22. The maximum absolute atomic E-state index is 10.1. The van der Waals surface area contributed by atoms with E-state index in [1.165, 1.54) is 0 Å². The van der Waals surface area contributed by atoms with Crippen molar-refractivity contribution in [2.24, 2.45) is 11.7 Å². The molecule has 1 aromatic rings. The van der Waals surface area contributed by atoms with E-state index >= 15 is 0 Å². The Morgan fingerprint density at radius 2 is 1.81 bits per heavy atom. The third-order valence-corrected chi connectivity index (χ3v) is 1.84. The zero-order valence-corrected chi connectivity index (χ0v) is 9.76. The van der Waals surface area contributed by atoms with Crippen molar-refractivity contribution in [1.29, 1.82) is 0 Å². The van der Waals surface area contributed by atoms with E-state index in [9.17, 15) is 4.79 Å². The van der Waals surface area contributed by atoms with E-state index < -0.39 is 12.0 Å². The summed E-state index contributed by atoms with van der Waals surface area (Å²) in [5, 5.41) is 8.31. The van der Waals surface area contributed by atoms with Crippen LogP contribution in [0.1, 0.15) is 20.3 Å². The average molecular weight is 224 g/mol. The Hall–Kier alpha value is -1.55. The molecule has 90 valence electrons. The molecule has 0 aromatic heterocycles. The standard InChI is InChI=1S/C6H13NO2.C6H7N/c1-4(2)3-5(7)6(8)9;7-6-4-2-1-3-5-6/h4-5H,3,7H2,1-2H3,(H,8,9);1-5H,7H2/t5-;/m0./s1. The normalized spacial score (nSPS) is 11.5. The van der Waals surface area contributed by atoms with Gasteiger partial charge in [0.1, 0.15) is 6.04 Å². The van der Waals surface area contributed by atoms with Crippen molar-refractivity contribution in [2.75, 3.05) is 5.73 Å². The Balaban J connectivity index is 0.000000288. The number of anilines is 1. The highest BCUT2D eigenvalue weighted by molar-refractivity contribution is 5.72. The van der Waals surface area contributed by atoms with Crippen molar-refractivity contribution < 1.29 is 9.90 Å². The van der Waals surface area contributed by atoms with Crippen LogP contribution in [-0.4, -0.2) is 17.1 Å². The van der Waals surface area contributed by atoms with Gasteiger partial charge >= 0.3 is 5.97 Å². The van der Waals surface area contributed by atoms with Crippen LogP contribution in [-0.2, 0) is 4.79 Å². The third-order valence-electron chi connectivity index (χ3n) is 1.84. The predicted octanol–water partition coefficient (Wildman–Crippen LogP) is 1.71. The molecule has 0 aliphatic carbocycles. The summed E-state index contributed by atoms with van der Waals surface area (Å²) in [5.41, 5.74) is 11.4. The highest BCUT2D eigenvalue weighted by atomic mass is 16.4. The van der Waals surface area contributed by atoms with Crippen LogP contribution in [0.4, 0.5) is 5.69 Å². The smallest absolute Gasteiger partial charge is 0.320 e. The maximum atomic E-state index is 10.1. The number of carbonyl (C=O) groups is 1. The number of para-hydroxylation sites is 1. The topological polar surface area (TPSA) is 89.3 Å². The van der Waals surface area contributed by atoms with Crippen molar-refractivity contribution in [3.63, 3.8) is 0 Å². The van der Waals surface area contributed by atoms with Gasteiger partial charge in [0.25, 0.3) is 0 Å². The van der Waals surface area contributed by atoms with Crippen LogP contribution >= 0.6 is 0 Å². The first-order valence-electron chi connectivity index (χ1n) is 5.22. The molecule has 0 aliphatic rings. The summed E-state index contributed by atoms with van der Waals surface area (Å²) in [4.78, 5) is 10.1. The van der Waals surface area contributed by atoms with Gasteiger partial charge in [-0.25, -0.2) is 0 Å². The predicted molar refractivity (Wildman–Crippen MR) is 65.9 cm³/mol. The third kappa shape index (κ3) is 7.82. The fraction of sp³-hybridized carbons (Fsp3) is 0.417. The lowest BCUT2D eigenvalue weighted by Gasteiger charge is -2.07. The molecule has 4 heteroatoms. The summed E-state index contributed by atoms with van der Waals surface area (Å²) in [7, 11) is 0. The average Bonchev–Trinajstić information content (AvgIpc) is 2.18. The van der Waals surface area contributed by atoms with Gasteiger partial charge in [0, 0.05) is 5.69 Å². The van der Waals surface area contributed by atoms with Crippen molar-refractivity contribution in [3.8, 4) is 0 Å². The van der Waals surface area contributed by atoms with Crippen LogP contribution in [0.2, 0.25) is 0 Å². The summed E-state index contributed by atoms with van der Waals surface area (Å²) in [6.07, 6.45) is 0.551. The van der Waals surface area contributed by atoms with Gasteiger partial charge in [0.2, 0.25) is 0 Å². The number of aliphatic carboxylic acids is 1. The number of hydrogen-bond acceptors (Lipinski definition) is 3. The molecule has 1 aromatic carbocycles. The summed E-state index contributed by atoms with van der Waals surface area (Å²) in [5.74, 6) is -0.556.